The molecule has 20 heavy (non-hydrogen) atoms. The third kappa shape index (κ3) is 5.07. The van der Waals surface area contributed by atoms with E-state index >= 15 is 0 Å². The smallest absolute Gasteiger partial charge is 0.275 e. The van der Waals surface area contributed by atoms with Crippen molar-refractivity contribution in [3.05, 3.63) is 72.8 Å². The molecular weight excluding hydrogens is 267 g/mol. The van der Waals surface area contributed by atoms with Crippen molar-refractivity contribution in [1.29, 1.82) is 0 Å². The van der Waals surface area contributed by atoms with Crippen molar-refractivity contribution < 1.29 is 9.05 Å². The van der Waals surface area contributed by atoms with Crippen LogP contribution in [0.3, 0.4) is 0 Å². The average Bonchev–Trinajstić information content (AvgIpc) is 2.50. The zero-order valence-electron chi connectivity index (χ0n) is 11.4. The second kappa shape index (κ2) is 8.39. The highest BCUT2D eigenvalue weighted by atomic mass is 31.1. The highest BCUT2D eigenvalue weighted by Gasteiger charge is 1.97. The van der Waals surface area contributed by atoms with Crippen molar-refractivity contribution in [2.24, 2.45) is 0 Å². The number of unbranched alkanes of at least 4 members (excludes halogenated alkanes) is 1. The molecule has 0 radical (unpaired) electrons. The quantitative estimate of drug-likeness (QED) is 0.379. The second-order valence-electron chi connectivity index (χ2n) is 4.43. The van der Waals surface area contributed by atoms with E-state index in [1.54, 1.807) is 0 Å². The summed E-state index contributed by atoms with van der Waals surface area (Å²) in [4.78, 5) is 0. The summed E-state index contributed by atoms with van der Waals surface area (Å²) in [7, 11) is -0.0284. The molecule has 0 aliphatic carbocycles. The molecule has 1 unspecified atom stereocenters. The van der Waals surface area contributed by atoms with E-state index in [1.165, 1.54) is 5.56 Å². The molecule has 3 heteroatoms. The first-order chi connectivity index (χ1) is 9.88. The van der Waals surface area contributed by atoms with Gasteiger partial charge in [0.25, 0.3) is 9.03 Å². The molecule has 0 saturated heterocycles. The molecule has 2 nitrogen and oxygen atoms in total. The van der Waals surface area contributed by atoms with Crippen LogP contribution in [0.25, 0.3) is 0 Å². The molecule has 2 aromatic rings. The predicted octanol–water partition coefficient (Wildman–Crippen LogP) is 5.16. The summed E-state index contributed by atoms with van der Waals surface area (Å²) < 4.78 is 11.1. The Morgan fingerprint density at radius 1 is 0.900 bits per heavy atom. The molecule has 0 spiro atoms. The van der Waals surface area contributed by atoms with Gasteiger partial charge in [-0.25, -0.2) is 0 Å². The molecule has 0 bridgehead atoms. The number of allylic oxidation sites excluding steroid dienone is 1. The lowest BCUT2D eigenvalue weighted by Gasteiger charge is -2.07. The van der Waals surface area contributed by atoms with Gasteiger partial charge in [0.15, 0.2) is 0 Å². The van der Waals surface area contributed by atoms with Gasteiger partial charge in [0.05, 0.1) is 0 Å². The molecule has 2 rings (SSSR count). The Morgan fingerprint density at radius 2 is 1.55 bits per heavy atom. The Hall–Kier alpha value is -1.79. The molecule has 0 heterocycles. The third-order valence-corrected chi connectivity index (χ3v) is 3.50. The first-order valence-corrected chi connectivity index (χ1v) is 7.54. The fourth-order valence-electron chi connectivity index (χ4n) is 1.78. The van der Waals surface area contributed by atoms with E-state index in [1.807, 2.05) is 48.5 Å². The molecule has 0 N–H and O–H groups in total. The summed E-state index contributed by atoms with van der Waals surface area (Å²) in [6, 6.07) is 17.9. The standard InChI is InChI=1S/C17H19O2P/c1-2-3-5-8-15-11-13-17(14-12-15)19-20-18-16-9-6-4-7-10-16/h2,4,6-7,9-14,20H,1,3,5,8H2. The van der Waals surface area contributed by atoms with Crippen LogP contribution in [0.1, 0.15) is 18.4 Å². The first-order valence-electron chi connectivity index (χ1n) is 6.72. The van der Waals surface area contributed by atoms with Crippen LogP contribution < -0.4 is 9.05 Å². The molecule has 1 atom stereocenters. The number of hydrogen-bond donors (Lipinski definition) is 0. The van der Waals surface area contributed by atoms with Crippen LogP contribution in [0.5, 0.6) is 11.5 Å². The van der Waals surface area contributed by atoms with Gasteiger partial charge >= 0.3 is 0 Å². The maximum atomic E-state index is 5.58. The average molecular weight is 286 g/mol. The van der Waals surface area contributed by atoms with Crippen molar-refractivity contribution in [2.45, 2.75) is 19.3 Å². The summed E-state index contributed by atoms with van der Waals surface area (Å²) in [6.07, 6.45) is 5.24. The second-order valence-corrected chi connectivity index (χ2v) is 5.00. The highest BCUT2D eigenvalue weighted by molar-refractivity contribution is 7.27. The van der Waals surface area contributed by atoms with E-state index in [0.717, 1.165) is 30.8 Å². The van der Waals surface area contributed by atoms with Crippen LogP contribution in [-0.2, 0) is 6.42 Å². The zero-order chi connectivity index (χ0) is 14.0. The minimum Gasteiger partial charge on any atom is -0.441 e. The van der Waals surface area contributed by atoms with E-state index in [2.05, 4.69) is 18.7 Å². The lowest BCUT2D eigenvalue weighted by molar-refractivity contribution is 0.515. The zero-order valence-corrected chi connectivity index (χ0v) is 12.4. The molecule has 0 aliphatic rings. The van der Waals surface area contributed by atoms with Crippen molar-refractivity contribution in [3.63, 3.8) is 0 Å². The van der Waals surface area contributed by atoms with Gasteiger partial charge in [-0.05, 0) is 49.1 Å². The Labute approximate surface area is 122 Å². The molecule has 0 aromatic heterocycles. The van der Waals surface area contributed by atoms with Gasteiger partial charge < -0.3 is 9.05 Å². The van der Waals surface area contributed by atoms with Gasteiger partial charge in [-0.3, -0.25) is 0 Å². The van der Waals surface area contributed by atoms with Gasteiger partial charge in [0.1, 0.15) is 11.5 Å². The summed E-state index contributed by atoms with van der Waals surface area (Å²) in [5.41, 5.74) is 1.33. The number of hydrogen-bond acceptors (Lipinski definition) is 2. The molecule has 0 saturated carbocycles. The highest BCUT2D eigenvalue weighted by Crippen LogP contribution is 2.25. The van der Waals surface area contributed by atoms with Crippen molar-refractivity contribution >= 4 is 9.03 Å². The molecule has 0 aliphatic heterocycles. The lowest BCUT2D eigenvalue weighted by Crippen LogP contribution is -1.87. The van der Waals surface area contributed by atoms with E-state index < -0.39 is 0 Å². The fourth-order valence-corrected chi connectivity index (χ4v) is 2.29. The maximum Gasteiger partial charge on any atom is 0.275 e. The van der Waals surface area contributed by atoms with Crippen LogP contribution in [0, 0.1) is 0 Å². The number of aryl methyl sites for hydroxylation is 1. The molecule has 2 aromatic carbocycles. The van der Waals surface area contributed by atoms with E-state index in [9.17, 15) is 0 Å². The Balaban J connectivity index is 1.74. The van der Waals surface area contributed by atoms with E-state index in [0.29, 0.717) is 0 Å². The number of para-hydroxylation sites is 1. The van der Waals surface area contributed by atoms with Gasteiger partial charge in [-0.2, -0.15) is 0 Å². The minimum absolute atomic E-state index is 0.0284. The fraction of sp³-hybridized carbons (Fsp3) is 0.176. The van der Waals surface area contributed by atoms with Gasteiger partial charge in [-0.15, -0.1) is 6.58 Å². The lowest BCUT2D eigenvalue weighted by atomic mass is 10.1. The van der Waals surface area contributed by atoms with Crippen LogP contribution in [0.4, 0.5) is 0 Å². The Kier molecular flexibility index (Phi) is 6.13. The van der Waals surface area contributed by atoms with Gasteiger partial charge in [-0.1, -0.05) is 36.4 Å². The van der Waals surface area contributed by atoms with Crippen LogP contribution in [-0.4, -0.2) is 0 Å². The predicted molar refractivity (Wildman–Crippen MR) is 85.6 cm³/mol. The summed E-state index contributed by atoms with van der Waals surface area (Å²) in [6.45, 7) is 3.73. The van der Waals surface area contributed by atoms with Gasteiger partial charge in [0, 0.05) is 0 Å². The molecule has 0 amide bonds. The van der Waals surface area contributed by atoms with Crippen molar-refractivity contribution in [1.82, 2.24) is 0 Å². The maximum absolute atomic E-state index is 5.58. The molecular formula is C17H19O2P. The normalized spacial score (nSPS) is 10.6. The van der Waals surface area contributed by atoms with Crippen molar-refractivity contribution in [3.8, 4) is 11.5 Å². The van der Waals surface area contributed by atoms with Crippen molar-refractivity contribution in [2.75, 3.05) is 0 Å². The largest absolute Gasteiger partial charge is 0.441 e. The summed E-state index contributed by atoms with van der Waals surface area (Å²) >= 11 is 0. The summed E-state index contributed by atoms with van der Waals surface area (Å²) in [5.74, 6) is 1.67. The number of benzene rings is 2. The minimum atomic E-state index is -0.0284. The van der Waals surface area contributed by atoms with Crippen LogP contribution in [0.15, 0.2) is 67.3 Å². The Morgan fingerprint density at radius 3 is 2.20 bits per heavy atom. The molecule has 104 valence electrons. The van der Waals surface area contributed by atoms with Gasteiger partial charge in [0.2, 0.25) is 0 Å². The first kappa shape index (κ1) is 14.6. The van der Waals surface area contributed by atoms with E-state index in [-0.39, 0.29) is 9.03 Å². The SMILES string of the molecule is C=CCCCc1ccc(OPOc2ccccc2)cc1. The Bertz CT molecular complexity index is 508. The van der Waals surface area contributed by atoms with Crippen LogP contribution in [0.2, 0.25) is 0 Å². The molecule has 0 fully saturated rings. The third-order valence-electron chi connectivity index (χ3n) is 2.86. The van der Waals surface area contributed by atoms with Crippen LogP contribution >= 0.6 is 9.03 Å². The van der Waals surface area contributed by atoms with E-state index in [4.69, 9.17) is 9.05 Å². The topological polar surface area (TPSA) is 18.5 Å². The monoisotopic (exact) mass is 286 g/mol. The summed E-state index contributed by atoms with van der Waals surface area (Å²) in [5, 5.41) is 0. The number of rotatable bonds is 8.